The molecule has 0 aromatic carbocycles. The Morgan fingerprint density at radius 3 is 2.35 bits per heavy atom. The lowest BCUT2D eigenvalue weighted by Crippen LogP contribution is -2.44. The third-order valence-electron chi connectivity index (χ3n) is 4.09. The molecule has 0 radical (unpaired) electrons. The predicted octanol–water partition coefficient (Wildman–Crippen LogP) is 1.72. The van der Waals surface area contributed by atoms with Crippen molar-refractivity contribution >= 4 is 5.82 Å². The number of piperidine rings is 1. The maximum Gasteiger partial charge on any atom is 0.435 e. The summed E-state index contributed by atoms with van der Waals surface area (Å²) < 4.78 is 39.3. The highest BCUT2D eigenvalue weighted by Gasteiger charge is 2.38. The standard InChI is InChI=1S/C14H16F3N5O/c1-21-9-6-18-12(21)13(23)4-7-22(8-5-13)11-3-2-10(19-20-11)14(15,16)17/h2-3,6,9,23H,4-5,7-8H2,1H3. The Balaban J connectivity index is 1.71. The quantitative estimate of drug-likeness (QED) is 0.910. The number of aryl methyl sites for hydroxylation is 1. The summed E-state index contributed by atoms with van der Waals surface area (Å²) in [6.45, 7) is 0.923. The molecule has 0 aliphatic carbocycles. The van der Waals surface area contributed by atoms with E-state index in [0.717, 1.165) is 6.07 Å². The lowest BCUT2D eigenvalue weighted by atomic mass is 9.90. The topological polar surface area (TPSA) is 67.1 Å². The zero-order chi connectivity index (χ0) is 16.7. The van der Waals surface area contributed by atoms with Crippen LogP contribution in [-0.4, -0.2) is 37.9 Å². The van der Waals surface area contributed by atoms with Crippen LogP contribution in [0, 0.1) is 0 Å². The van der Waals surface area contributed by atoms with Gasteiger partial charge in [0.15, 0.2) is 11.5 Å². The second-order valence-corrected chi connectivity index (χ2v) is 5.65. The molecule has 1 aliphatic heterocycles. The van der Waals surface area contributed by atoms with Crippen molar-refractivity contribution in [2.75, 3.05) is 18.0 Å². The molecular formula is C14H16F3N5O. The fourth-order valence-corrected chi connectivity index (χ4v) is 2.79. The van der Waals surface area contributed by atoms with E-state index in [1.54, 1.807) is 17.0 Å². The van der Waals surface area contributed by atoms with Crippen molar-refractivity contribution in [3.63, 3.8) is 0 Å². The third kappa shape index (κ3) is 3.00. The number of anilines is 1. The lowest BCUT2D eigenvalue weighted by molar-refractivity contribution is -0.141. The van der Waals surface area contributed by atoms with Crippen LogP contribution in [0.25, 0.3) is 0 Å². The molecule has 0 saturated carbocycles. The first kappa shape index (κ1) is 15.7. The van der Waals surface area contributed by atoms with Crippen molar-refractivity contribution in [2.45, 2.75) is 24.6 Å². The fourth-order valence-electron chi connectivity index (χ4n) is 2.79. The zero-order valence-corrected chi connectivity index (χ0v) is 12.5. The van der Waals surface area contributed by atoms with Crippen LogP contribution in [0.3, 0.4) is 0 Å². The van der Waals surface area contributed by atoms with E-state index in [-0.39, 0.29) is 0 Å². The molecule has 1 fully saturated rings. The normalized spacial score (nSPS) is 18.2. The summed E-state index contributed by atoms with van der Waals surface area (Å²) in [4.78, 5) is 6.00. The number of alkyl halides is 3. The van der Waals surface area contributed by atoms with Gasteiger partial charge >= 0.3 is 6.18 Å². The molecule has 1 N–H and O–H groups in total. The van der Waals surface area contributed by atoms with Gasteiger partial charge in [0.05, 0.1) is 0 Å². The molecule has 3 rings (SSSR count). The van der Waals surface area contributed by atoms with Crippen molar-refractivity contribution in [1.82, 2.24) is 19.7 Å². The van der Waals surface area contributed by atoms with Gasteiger partial charge < -0.3 is 14.6 Å². The summed E-state index contributed by atoms with van der Waals surface area (Å²) in [5, 5.41) is 17.6. The summed E-state index contributed by atoms with van der Waals surface area (Å²) in [5.74, 6) is 0.968. The van der Waals surface area contributed by atoms with Gasteiger partial charge in [0.2, 0.25) is 0 Å². The summed E-state index contributed by atoms with van der Waals surface area (Å²) in [6.07, 6.45) is -0.269. The average Bonchev–Trinajstić information content (AvgIpc) is 2.94. The van der Waals surface area contributed by atoms with E-state index in [4.69, 9.17) is 0 Å². The lowest BCUT2D eigenvalue weighted by Gasteiger charge is -2.38. The Kier molecular flexibility index (Phi) is 3.75. The highest BCUT2D eigenvalue weighted by Crippen LogP contribution is 2.33. The summed E-state index contributed by atoms with van der Waals surface area (Å²) in [6, 6.07) is 2.23. The van der Waals surface area contributed by atoms with Gasteiger partial charge in [-0.2, -0.15) is 13.2 Å². The highest BCUT2D eigenvalue weighted by atomic mass is 19.4. The molecule has 0 bridgehead atoms. The van der Waals surface area contributed by atoms with E-state index < -0.39 is 17.5 Å². The van der Waals surface area contributed by atoms with E-state index in [1.807, 2.05) is 11.9 Å². The Morgan fingerprint density at radius 1 is 1.17 bits per heavy atom. The van der Waals surface area contributed by atoms with Crippen molar-refractivity contribution < 1.29 is 18.3 Å². The van der Waals surface area contributed by atoms with E-state index in [1.165, 1.54) is 6.07 Å². The molecule has 3 heterocycles. The Bertz CT molecular complexity index is 674. The molecule has 124 valence electrons. The fraction of sp³-hybridized carbons (Fsp3) is 0.500. The average molecular weight is 327 g/mol. The van der Waals surface area contributed by atoms with Crippen LogP contribution in [0.2, 0.25) is 0 Å². The van der Waals surface area contributed by atoms with Gasteiger partial charge in [-0.05, 0) is 12.1 Å². The molecule has 0 spiro atoms. The van der Waals surface area contributed by atoms with Crippen molar-refractivity contribution in [3.05, 3.63) is 36.0 Å². The molecule has 2 aromatic heterocycles. The van der Waals surface area contributed by atoms with Gasteiger partial charge in [-0.1, -0.05) is 0 Å². The van der Waals surface area contributed by atoms with Gasteiger partial charge in [-0.15, -0.1) is 10.2 Å². The molecule has 0 atom stereocenters. The molecule has 1 saturated heterocycles. The predicted molar refractivity (Wildman–Crippen MR) is 75.6 cm³/mol. The Morgan fingerprint density at radius 2 is 1.87 bits per heavy atom. The van der Waals surface area contributed by atoms with E-state index in [0.29, 0.717) is 37.6 Å². The minimum Gasteiger partial charge on any atom is -0.382 e. The summed E-state index contributed by atoms with van der Waals surface area (Å²) >= 11 is 0. The second-order valence-electron chi connectivity index (χ2n) is 5.65. The van der Waals surface area contributed by atoms with E-state index in [2.05, 4.69) is 15.2 Å². The molecule has 1 aliphatic rings. The molecule has 2 aromatic rings. The second kappa shape index (κ2) is 5.48. The highest BCUT2D eigenvalue weighted by molar-refractivity contribution is 5.38. The van der Waals surface area contributed by atoms with Crippen LogP contribution in [0.15, 0.2) is 24.5 Å². The number of hydrogen-bond donors (Lipinski definition) is 1. The van der Waals surface area contributed by atoms with Crippen LogP contribution in [0.4, 0.5) is 19.0 Å². The first-order valence-corrected chi connectivity index (χ1v) is 7.16. The molecular weight excluding hydrogens is 311 g/mol. The summed E-state index contributed by atoms with van der Waals surface area (Å²) in [5.41, 5.74) is -2.04. The van der Waals surface area contributed by atoms with Crippen LogP contribution >= 0.6 is 0 Å². The first-order valence-electron chi connectivity index (χ1n) is 7.16. The number of nitrogens with zero attached hydrogens (tertiary/aromatic N) is 5. The number of aromatic nitrogens is 4. The van der Waals surface area contributed by atoms with Crippen molar-refractivity contribution in [2.24, 2.45) is 7.05 Å². The maximum absolute atomic E-state index is 12.5. The molecule has 6 nitrogen and oxygen atoms in total. The van der Waals surface area contributed by atoms with Gasteiger partial charge in [0, 0.05) is 45.4 Å². The van der Waals surface area contributed by atoms with Crippen molar-refractivity contribution in [1.29, 1.82) is 0 Å². The monoisotopic (exact) mass is 327 g/mol. The minimum absolute atomic E-state index is 0.375. The summed E-state index contributed by atoms with van der Waals surface area (Å²) in [7, 11) is 1.81. The smallest absolute Gasteiger partial charge is 0.382 e. The SMILES string of the molecule is Cn1ccnc1C1(O)CCN(c2ccc(C(F)(F)F)nn2)CC1. The molecule has 0 amide bonds. The third-order valence-corrected chi connectivity index (χ3v) is 4.09. The van der Waals surface area contributed by atoms with Gasteiger partial charge in [0.25, 0.3) is 0 Å². The largest absolute Gasteiger partial charge is 0.435 e. The van der Waals surface area contributed by atoms with Gasteiger partial charge in [-0.25, -0.2) is 4.98 Å². The number of halogens is 3. The van der Waals surface area contributed by atoms with Crippen LogP contribution in [0.5, 0.6) is 0 Å². The molecule has 0 unspecified atom stereocenters. The Labute approximate surface area is 130 Å². The van der Waals surface area contributed by atoms with Gasteiger partial charge in [-0.3, -0.25) is 0 Å². The molecule has 9 heteroatoms. The minimum atomic E-state index is -4.49. The number of hydrogen-bond acceptors (Lipinski definition) is 5. The van der Waals surface area contributed by atoms with Crippen LogP contribution in [-0.2, 0) is 18.8 Å². The van der Waals surface area contributed by atoms with Crippen molar-refractivity contribution in [3.8, 4) is 0 Å². The van der Waals surface area contributed by atoms with E-state index >= 15 is 0 Å². The van der Waals surface area contributed by atoms with Crippen LogP contribution < -0.4 is 4.90 Å². The zero-order valence-electron chi connectivity index (χ0n) is 12.5. The number of imidazole rings is 1. The Hall–Kier alpha value is -2.16. The number of rotatable bonds is 2. The van der Waals surface area contributed by atoms with Gasteiger partial charge in [0.1, 0.15) is 11.4 Å². The van der Waals surface area contributed by atoms with E-state index in [9.17, 15) is 18.3 Å². The first-order chi connectivity index (χ1) is 10.8. The maximum atomic E-state index is 12.5. The van der Waals surface area contributed by atoms with Crippen LogP contribution in [0.1, 0.15) is 24.4 Å². The molecule has 23 heavy (non-hydrogen) atoms. The number of aliphatic hydroxyl groups is 1.